The molecule has 2 amide bonds. The molecular formula is C29H39N7O5. The first-order valence-electron chi connectivity index (χ1n) is 13.7. The maximum atomic E-state index is 13.1. The van der Waals surface area contributed by atoms with Crippen molar-refractivity contribution in [1.29, 1.82) is 0 Å². The van der Waals surface area contributed by atoms with Crippen molar-refractivity contribution in [3.05, 3.63) is 54.2 Å². The number of anilines is 1. The summed E-state index contributed by atoms with van der Waals surface area (Å²) in [4.78, 5) is 43.5. The zero-order chi connectivity index (χ0) is 29.4. The Morgan fingerprint density at radius 1 is 1.07 bits per heavy atom. The van der Waals surface area contributed by atoms with Gasteiger partial charge in [0.25, 0.3) is 0 Å². The van der Waals surface area contributed by atoms with E-state index in [0.29, 0.717) is 50.0 Å². The molecule has 0 saturated carbocycles. The Bertz CT molecular complexity index is 1310. The summed E-state index contributed by atoms with van der Waals surface area (Å²) in [6.07, 6.45) is 5.95. The average Bonchev–Trinajstić information content (AvgIpc) is 3.52. The number of hydrogen-bond donors (Lipinski definition) is 1. The fourth-order valence-electron chi connectivity index (χ4n) is 4.83. The largest absolute Gasteiger partial charge is 0.493 e. The smallest absolute Gasteiger partial charge is 0.248 e. The summed E-state index contributed by atoms with van der Waals surface area (Å²) in [5.41, 5.74) is 1.92. The fourth-order valence-corrected chi connectivity index (χ4v) is 4.83. The first kappa shape index (κ1) is 29.8. The van der Waals surface area contributed by atoms with Crippen molar-refractivity contribution in [2.45, 2.75) is 38.6 Å². The molecule has 1 aliphatic heterocycles. The van der Waals surface area contributed by atoms with Crippen LogP contribution in [0.4, 0.5) is 5.82 Å². The number of carbonyl (C=O) groups excluding carboxylic acids is 2. The minimum Gasteiger partial charge on any atom is -0.493 e. The van der Waals surface area contributed by atoms with E-state index in [2.05, 4.69) is 29.0 Å². The molecule has 12 heteroatoms. The zero-order valence-corrected chi connectivity index (χ0v) is 24.4. The lowest BCUT2D eigenvalue weighted by Gasteiger charge is -2.42. The molecule has 3 heterocycles. The number of hydrogen-bond acceptors (Lipinski definition) is 9. The zero-order valence-electron chi connectivity index (χ0n) is 24.4. The van der Waals surface area contributed by atoms with Crippen LogP contribution in [0.15, 0.2) is 43.0 Å². The van der Waals surface area contributed by atoms with Crippen LogP contribution in [0.5, 0.6) is 11.5 Å². The third-order valence-corrected chi connectivity index (χ3v) is 7.05. The van der Waals surface area contributed by atoms with Crippen molar-refractivity contribution in [2.75, 3.05) is 59.0 Å². The van der Waals surface area contributed by atoms with Gasteiger partial charge in [-0.1, -0.05) is 19.9 Å². The number of ether oxygens (including phenoxy) is 3. The molecule has 0 bridgehead atoms. The van der Waals surface area contributed by atoms with Crippen LogP contribution in [0.25, 0.3) is 5.95 Å². The van der Waals surface area contributed by atoms with Gasteiger partial charge < -0.3 is 29.3 Å². The molecule has 1 unspecified atom stereocenters. The predicted molar refractivity (Wildman–Crippen MR) is 154 cm³/mol. The summed E-state index contributed by atoms with van der Waals surface area (Å²) in [5.74, 6) is 2.51. The first-order chi connectivity index (χ1) is 19.8. The lowest BCUT2D eigenvalue weighted by atomic mass is 10.1. The molecular weight excluding hydrogens is 526 g/mol. The van der Waals surface area contributed by atoms with E-state index >= 15 is 0 Å². The van der Waals surface area contributed by atoms with Crippen molar-refractivity contribution in [3.63, 3.8) is 0 Å². The number of nitrogens with one attached hydrogen (secondary N) is 1. The van der Waals surface area contributed by atoms with Gasteiger partial charge in [-0.05, 0) is 30.0 Å². The van der Waals surface area contributed by atoms with Crippen molar-refractivity contribution < 1.29 is 23.8 Å². The Morgan fingerprint density at radius 3 is 2.56 bits per heavy atom. The van der Waals surface area contributed by atoms with Crippen LogP contribution in [0.3, 0.4) is 0 Å². The van der Waals surface area contributed by atoms with Gasteiger partial charge in [0.15, 0.2) is 11.5 Å². The molecule has 1 fully saturated rings. The molecule has 3 aromatic rings. The Morgan fingerprint density at radius 2 is 1.88 bits per heavy atom. The summed E-state index contributed by atoms with van der Waals surface area (Å²) >= 11 is 0. The number of imidazole rings is 1. The van der Waals surface area contributed by atoms with E-state index < -0.39 is 0 Å². The maximum Gasteiger partial charge on any atom is 0.248 e. The standard InChI is InChI=1S/C29H39N7O5/c1-20(2)23-16-26(33-29(32-23)35-11-10-30-19-35)34-12-13-36(28(38)18-39-3)22(17-34)15-27(37)31-9-8-21-6-7-24(40-4)25(14-21)41-5/h6-7,10-11,14,16,19-20,22H,8-9,12-13,15,17-18H2,1-5H3,(H,31,37). The van der Waals surface area contributed by atoms with Crippen LogP contribution in [-0.4, -0.2) is 96.4 Å². The van der Waals surface area contributed by atoms with Gasteiger partial charge in [0.1, 0.15) is 18.8 Å². The average molecular weight is 566 g/mol. The third kappa shape index (κ3) is 7.51. The second kappa shape index (κ2) is 13.9. The van der Waals surface area contributed by atoms with Gasteiger partial charge >= 0.3 is 0 Å². The number of benzene rings is 1. The number of amides is 2. The number of aromatic nitrogens is 4. The molecule has 41 heavy (non-hydrogen) atoms. The van der Waals surface area contributed by atoms with Crippen molar-refractivity contribution >= 4 is 17.6 Å². The highest BCUT2D eigenvalue weighted by Crippen LogP contribution is 2.28. The lowest BCUT2D eigenvalue weighted by molar-refractivity contribution is -0.139. The number of carbonyl (C=O) groups is 2. The summed E-state index contributed by atoms with van der Waals surface area (Å²) in [6.45, 7) is 6.07. The minimum atomic E-state index is -0.346. The summed E-state index contributed by atoms with van der Waals surface area (Å²) in [5, 5.41) is 3.01. The molecule has 1 atom stereocenters. The van der Waals surface area contributed by atoms with Gasteiger partial charge in [0.2, 0.25) is 17.8 Å². The molecule has 1 saturated heterocycles. The Hall–Kier alpha value is -4.19. The highest BCUT2D eigenvalue weighted by atomic mass is 16.5. The predicted octanol–water partition coefficient (Wildman–Crippen LogP) is 2.22. The SMILES string of the molecule is COCC(=O)N1CCN(c2cc(C(C)C)nc(-n3ccnc3)n2)CC1CC(=O)NCCc1ccc(OC)c(OC)c1. The second-order valence-electron chi connectivity index (χ2n) is 10.2. The fraction of sp³-hybridized carbons (Fsp3) is 0.483. The number of nitrogens with zero attached hydrogens (tertiary/aromatic N) is 6. The molecule has 220 valence electrons. The summed E-state index contributed by atoms with van der Waals surface area (Å²) in [7, 11) is 4.69. The third-order valence-electron chi connectivity index (χ3n) is 7.05. The second-order valence-corrected chi connectivity index (χ2v) is 10.2. The van der Waals surface area contributed by atoms with E-state index in [1.165, 1.54) is 7.11 Å². The molecule has 1 aromatic carbocycles. The Balaban J connectivity index is 1.46. The van der Waals surface area contributed by atoms with Gasteiger partial charge in [0, 0.05) is 58.2 Å². The van der Waals surface area contributed by atoms with E-state index in [4.69, 9.17) is 24.2 Å². The van der Waals surface area contributed by atoms with E-state index in [1.807, 2.05) is 24.3 Å². The monoisotopic (exact) mass is 565 g/mol. The van der Waals surface area contributed by atoms with E-state index in [9.17, 15) is 9.59 Å². The van der Waals surface area contributed by atoms with Gasteiger partial charge in [-0.15, -0.1) is 0 Å². The van der Waals surface area contributed by atoms with Crippen LogP contribution in [0.1, 0.15) is 37.4 Å². The van der Waals surface area contributed by atoms with Crippen LogP contribution in [-0.2, 0) is 20.7 Å². The molecule has 0 spiro atoms. The van der Waals surface area contributed by atoms with Crippen LogP contribution in [0.2, 0.25) is 0 Å². The van der Waals surface area contributed by atoms with Crippen LogP contribution in [0, 0.1) is 0 Å². The molecule has 1 aliphatic rings. The summed E-state index contributed by atoms with van der Waals surface area (Å²) < 4.78 is 17.6. The van der Waals surface area contributed by atoms with Gasteiger partial charge in [-0.3, -0.25) is 14.2 Å². The summed E-state index contributed by atoms with van der Waals surface area (Å²) in [6, 6.07) is 7.34. The van der Waals surface area contributed by atoms with Gasteiger partial charge in [0.05, 0.1) is 26.0 Å². The molecule has 4 rings (SSSR count). The minimum absolute atomic E-state index is 0.0345. The van der Waals surface area contributed by atoms with Crippen molar-refractivity contribution in [2.24, 2.45) is 0 Å². The van der Waals surface area contributed by atoms with Crippen molar-refractivity contribution in [1.82, 2.24) is 29.7 Å². The van der Waals surface area contributed by atoms with Gasteiger partial charge in [-0.2, -0.15) is 4.98 Å². The topological polar surface area (TPSA) is 124 Å². The highest BCUT2D eigenvalue weighted by Gasteiger charge is 2.33. The normalized spacial score (nSPS) is 15.2. The Labute approximate surface area is 240 Å². The maximum absolute atomic E-state index is 13.1. The van der Waals surface area contributed by atoms with E-state index in [0.717, 1.165) is 17.1 Å². The number of piperazine rings is 1. The van der Waals surface area contributed by atoms with Crippen molar-refractivity contribution in [3.8, 4) is 17.4 Å². The molecule has 0 aliphatic carbocycles. The molecule has 0 radical (unpaired) electrons. The molecule has 12 nitrogen and oxygen atoms in total. The highest BCUT2D eigenvalue weighted by molar-refractivity contribution is 5.81. The van der Waals surface area contributed by atoms with Crippen LogP contribution >= 0.6 is 0 Å². The number of methoxy groups -OCH3 is 3. The van der Waals surface area contributed by atoms with Gasteiger partial charge in [-0.25, -0.2) is 9.97 Å². The van der Waals surface area contributed by atoms with Crippen LogP contribution < -0.4 is 19.7 Å². The molecule has 2 aromatic heterocycles. The molecule has 1 N–H and O–H groups in total. The van der Waals surface area contributed by atoms with E-state index in [1.54, 1.807) is 42.4 Å². The lowest BCUT2D eigenvalue weighted by Crippen LogP contribution is -2.57. The Kier molecular flexibility index (Phi) is 10.1. The quantitative estimate of drug-likeness (QED) is 0.352. The first-order valence-corrected chi connectivity index (χ1v) is 13.7. The van der Waals surface area contributed by atoms with E-state index in [-0.39, 0.29) is 36.8 Å². The number of rotatable bonds is 12.